The van der Waals surface area contributed by atoms with Crippen molar-refractivity contribution >= 4 is 131 Å². The van der Waals surface area contributed by atoms with Gasteiger partial charge in [0.15, 0.2) is 0 Å². The van der Waals surface area contributed by atoms with E-state index in [0.717, 1.165) is 51.7 Å². The van der Waals surface area contributed by atoms with Gasteiger partial charge in [0.2, 0.25) is 10.6 Å². The van der Waals surface area contributed by atoms with Crippen LogP contribution in [-0.4, -0.2) is 68.3 Å². The molecule has 2 aromatic carbocycles. The topological polar surface area (TPSA) is 170 Å². The van der Waals surface area contributed by atoms with Crippen molar-refractivity contribution in [3.63, 3.8) is 0 Å². The maximum absolute atomic E-state index is 12.8. The maximum Gasteiger partial charge on any atom is 0.224 e. The molecule has 55 heavy (non-hydrogen) atoms. The van der Waals surface area contributed by atoms with E-state index in [2.05, 4.69) is 74.0 Å². The van der Waals surface area contributed by atoms with Crippen molar-refractivity contribution in [2.75, 3.05) is 44.3 Å². The second-order valence-electron chi connectivity index (χ2n) is 11.8. The Morgan fingerprint density at radius 2 is 1.29 bits per heavy atom. The maximum atomic E-state index is 12.8. The number of aliphatic hydroxyl groups is 1. The Hall–Kier alpha value is -2.29. The molecule has 20 heteroatoms. The molecule has 0 unspecified atom stereocenters. The number of halogens is 5. The summed E-state index contributed by atoms with van der Waals surface area (Å²) in [5, 5.41) is 17.3. The molecule has 11 nitrogen and oxygen atoms in total. The summed E-state index contributed by atoms with van der Waals surface area (Å²) in [7, 11) is -4.86. The summed E-state index contributed by atoms with van der Waals surface area (Å²) in [6, 6.07) is 11.3. The van der Waals surface area contributed by atoms with Crippen LogP contribution in [0.1, 0.15) is 27.2 Å². The van der Waals surface area contributed by atoms with Crippen LogP contribution in [0.2, 0.25) is 15.7 Å². The van der Waals surface area contributed by atoms with Gasteiger partial charge >= 0.3 is 0 Å². The van der Waals surface area contributed by atoms with E-state index in [9.17, 15) is 9.13 Å². The average molecular weight is 1010 g/mol. The predicted octanol–water partition coefficient (Wildman–Crippen LogP) is 11.6. The van der Waals surface area contributed by atoms with Crippen molar-refractivity contribution < 1.29 is 14.2 Å². The molecule has 296 valence electrons. The lowest BCUT2D eigenvalue weighted by atomic mass is 10.1. The van der Waals surface area contributed by atoms with Crippen LogP contribution in [0, 0.1) is 0 Å². The average Bonchev–Trinajstić information content (AvgIpc) is 3.85. The molecule has 4 N–H and O–H groups in total. The van der Waals surface area contributed by atoms with Gasteiger partial charge in [0.25, 0.3) is 0 Å². The number of hydrogen-bond donors (Lipinski definition) is 3. The molecule has 0 saturated carbocycles. The van der Waals surface area contributed by atoms with Gasteiger partial charge in [-0.3, -0.25) is 0 Å². The molecule has 4 aromatic heterocycles. The number of nitrogen functional groups attached to an aromatic ring is 1. The van der Waals surface area contributed by atoms with Crippen LogP contribution in [0.3, 0.4) is 0 Å². The molecule has 0 aliphatic carbocycles. The minimum atomic E-state index is -2.53. The molecule has 4 heterocycles. The number of anilines is 3. The third-order valence-electron chi connectivity index (χ3n) is 6.80. The largest absolute Gasteiger partial charge is 0.398 e. The highest BCUT2D eigenvalue weighted by Crippen LogP contribution is 2.41. The number of nitrogens with one attached hydrogen (secondary N) is 1. The molecule has 0 saturated heterocycles. The number of aromatic nitrogens is 6. The monoisotopic (exact) mass is 1010 g/mol. The standard InChI is InChI=1S/C15H13BrClN4OPS.C11H13N2OPS.C4HBrCl2N2.C4H10O.CH4/c1-23(2,22)13-5-9(12-7-24-8-19-12)3-4-11(13)20-14-10(16)6-18-15(17)21-14;1-15(2,14)11-5-8(3-4-9(11)12)10-6-16-7-13-10;5-2-1-8-4(7)9-3(2)6;1-2-3-4-5;/h3-8H,1-2H3,(H,18,20,21);3-7H,12H2,1-2H3;1H;5H,2-4H2,1H3;1H4. The van der Waals surface area contributed by atoms with Crippen molar-refractivity contribution in [1.29, 1.82) is 0 Å². The Morgan fingerprint density at radius 1 is 0.782 bits per heavy atom. The van der Waals surface area contributed by atoms with Crippen molar-refractivity contribution in [1.82, 2.24) is 29.9 Å². The zero-order chi connectivity index (χ0) is 40.1. The van der Waals surface area contributed by atoms with Gasteiger partial charge in [0, 0.05) is 57.2 Å². The zero-order valence-electron chi connectivity index (χ0n) is 29.7. The molecule has 0 spiro atoms. The second-order valence-corrected chi connectivity index (χ2v) is 22.3. The van der Waals surface area contributed by atoms with E-state index in [1.165, 1.54) is 17.5 Å². The molecular formula is C35H41Br2Cl3N8O3P2S2. The van der Waals surface area contributed by atoms with E-state index in [-0.39, 0.29) is 18.0 Å². The molecule has 0 bridgehead atoms. The molecule has 0 amide bonds. The molecule has 0 radical (unpaired) electrons. The third kappa shape index (κ3) is 15.9. The molecule has 6 aromatic rings. The summed E-state index contributed by atoms with van der Waals surface area (Å²) in [6.07, 6.45) is 5.10. The molecular weight excluding hydrogens is 973 g/mol. The highest BCUT2D eigenvalue weighted by atomic mass is 79.9. The Labute approximate surface area is 362 Å². The lowest BCUT2D eigenvalue weighted by Gasteiger charge is -2.16. The first kappa shape index (κ1) is 48.9. The lowest BCUT2D eigenvalue weighted by Crippen LogP contribution is -2.11. The normalized spacial score (nSPS) is 10.7. The van der Waals surface area contributed by atoms with E-state index in [0.29, 0.717) is 32.2 Å². The Morgan fingerprint density at radius 3 is 1.73 bits per heavy atom. The fraction of sp³-hybridized carbons (Fsp3) is 0.257. The van der Waals surface area contributed by atoms with Gasteiger partial charge in [-0.1, -0.05) is 44.5 Å². The van der Waals surface area contributed by atoms with Crippen molar-refractivity contribution in [2.45, 2.75) is 27.2 Å². The van der Waals surface area contributed by atoms with Gasteiger partial charge in [0.1, 0.15) is 25.3 Å². The Bertz CT molecular complexity index is 2210. The first-order chi connectivity index (χ1) is 25.4. The highest BCUT2D eigenvalue weighted by molar-refractivity contribution is 9.11. The van der Waals surface area contributed by atoms with Crippen LogP contribution in [0.4, 0.5) is 17.2 Å². The Balaban J connectivity index is 0.000000289. The van der Waals surface area contributed by atoms with E-state index >= 15 is 0 Å². The molecule has 0 aliphatic rings. The molecule has 0 atom stereocenters. The van der Waals surface area contributed by atoms with Crippen LogP contribution in [0.25, 0.3) is 22.5 Å². The number of aliphatic hydroxyl groups excluding tert-OH is 1. The summed E-state index contributed by atoms with van der Waals surface area (Å²) < 4.78 is 26.2. The summed E-state index contributed by atoms with van der Waals surface area (Å²) >= 11 is 26.3. The molecule has 0 fully saturated rings. The zero-order valence-corrected chi connectivity index (χ0v) is 38.5. The number of thiazole rings is 2. The molecule has 6 rings (SSSR count). The minimum absolute atomic E-state index is 0. The number of benzene rings is 2. The van der Waals surface area contributed by atoms with Crippen molar-refractivity contribution in [3.8, 4) is 22.5 Å². The van der Waals surface area contributed by atoms with E-state index in [1.54, 1.807) is 61.3 Å². The Kier molecular flexibility index (Phi) is 20.6. The number of unbranched alkanes of at least 4 members (excludes halogenated alkanes) is 1. The summed E-state index contributed by atoms with van der Waals surface area (Å²) in [6.45, 7) is 9.32. The smallest absolute Gasteiger partial charge is 0.224 e. The summed E-state index contributed by atoms with van der Waals surface area (Å²) in [5.74, 6) is 0.520. The predicted molar refractivity (Wildman–Crippen MR) is 244 cm³/mol. The fourth-order valence-corrected chi connectivity index (χ4v) is 8.52. The second kappa shape index (κ2) is 23.2. The first-order valence-corrected chi connectivity index (χ1v) is 25.6. The van der Waals surface area contributed by atoms with Crippen molar-refractivity contribution in [3.05, 3.63) is 95.2 Å². The van der Waals surface area contributed by atoms with Crippen LogP contribution in [0.15, 0.2) is 79.5 Å². The SMILES string of the molecule is C.CCCCO.CP(C)(=O)c1cc(-c2cscn2)ccc1N.CP(C)(=O)c1cc(-c2cscn2)ccc1Nc1nc(Cl)ncc1Br.Clc1ncc(Br)c(Cl)n1. The van der Waals surface area contributed by atoms with E-state index in [1.807, 2.05) is 41.1 Å². The van der Waals surface area contributed by atoms with Gasteiger partial charge in [0.05, 0.1) is 37.0 Å². The van der Waals surface area contributed by atoms with Gasteiger partial charge < -0.3 is 25.3 Å². The summed E-state index contributed by atoms with van der Waals surface area (Å²) in [5.41, 5.74) is 14.4. The lowest BCUT2D eigenvalue weighted by molar-refractivity contribution is 0.287. The van der Waals surface area contributed by atoms with Crippen LogP contribution in [0.5, 0.6) is 0 Å². The van der Waals surface area contributed by atoms with Crippen molar-refractivity contribution in [2.24, 2.45) is 0 Å². The van der Waals surface area contributed by atoms with E-state index in [4.69, 9.17) is 45.6 Å². The highest BCUT2D eigenvalue weighted by Gasteiger charge is 2.19. The van der Waals surface area contributed by atoms with Gasteiger partial charge in [-0.15, -0.1) is 22.7 Å². The van der Waals surface area contributed by atoms with Gasteiger partial charge in [-0.25, -0.2) is 24.9 Å². The minimum Gasteiger partial charge on any atom is -0.398 e. The molecule has 0 aliphatic heterocycles. The number of rotatable bonds is 8. The van der Waals surface area contributed by atoms with Gasteiger partial charge in [-0.05, 0) is 112 Å². The van der Waals surface area contributed by atoms with Gasteiger partial charge in [-0.2, -0.15) is 4.98 Å². The fourth-order valence-electron chi connectivity index (χ4n) is 4.17. The van der Waals surface area contributed by atoms with Crippen LogP contribution >= 0.6 is 104 Å². The quantitative estimate of drug-likeness (QED) is 0.0574. The number of nitrogens with zero attached hydrogens (tertiary/aromatic N) is 6. The summed E-state index contributed by atoms with van der Waals surface area (Å²) in [4.78, 5) is 23.9. The number of hydrogen-bond acceptors (Lipinski definition) is 13. The third-order valence-corrected chi connectivity index (χ3v) is 13.1. The first-order valence-electron chi connectivity index (χ1n) is 15.8. The van der Waals surface area contributed by atoms with E-state index < -0.39 is 14.3 Å². The number of nitrogens with two attached hydrogens (primary N) is 1. The van der Waals surface area contributed by atoms with Crippen LogP contribution < -0.4 is 21.7 Å². The van der Waals surface area contributed by atoms with Crippen LogP contribution in [-0.2, 0) is 9.13 Å².